The molecular formula is C12H17NO3S. The van der Waals surface area contributed by atoms with Crippen LogP contribution in [0.5, 0.6) is 0 Å². The smallest absolute Gasteiger partial charge is 0.219 e. The summed E-state index contributed by atoms with van der Waals surface area (Å²) in [5.74, 6) is 0.0257. The van der Waals surface area contributed by atoms with E-state index < -0.39 is 9.84 Å². The van der Waals surface area contributed by atoms with Crippen LogP contribution in [0.3, 0.4) is 0 Å². The molecule has 0 saturated heterocycles. The summed E-state index contributed by atoms with van der Waals surface area (Å²) in [5, 5.41) is 2.77. The van der Waals surface area contributed by atoms with Crippen LogP contribution in [0.2, 0.25) is 0 Å². The summed E-state index contributed by atoms with van der Waals surface area (Å²) in [6.45, 7) is 2.38. The van der Waals surface area contributed by atoms with Crippen molar-refractivity contribution in [1.29, 1.82) is 0 Å². The number of hydrogen-bond acceptors (Lipinski definition) is 3. The molecule has 17 heavy (non-hydrogen) atoms. The fraction of sp³-hybridized carbons (Fsp3) is 0.417. The molecule has 0 atom stereocenters. The van der Waals surface area contributed by atoms with E-state index in [0.29, 0.717) is 24.3 Å². The molecular weight excluding hydrogens is 238 g/mol. The molecule has 0 bridgehead atoms. The molecule has 4 nitrogen and oxygen atoms in total. The van der Waals surface area contributed by atoms with Crippen LogP contribution in [0.4, 0.5) is 0 Å². The van der Waals surface area contributed by atoms with Gasteiger partial charge in [0, 0.05) is 19.2 Å². The monoisotopic (exact) mass is 255 g/mol. The quantitative estimate of drug-likeness (QED) is 0.858. The van der Waals surface area contributed by atoms with Gasteiger partial charge in [0.15, 0.2) is 9.84 Å². The Balaban J connectivity index is 2.55. The Morgan fingerprint density at radius 2 is 1.82 bits per heavy atom. The topological polar surface area (TPSA) is 63.2 Å². The highest BCUT2D eigenvalue weighted by molar-refractivity contribution is 7.90. The van der Waals surface area contributed by atoms with Gasteiger partial charge in [0.25, 0.3) is 0 Å². The number of nitrogens with one attached hydrogen (secondary N) is 1. The van der Waals surface area contributed by atoms with E-state index in [9.17, 15) is 13.2 Å². The minimum atomic E-state index is -3.13. The zero-order valence-electron chi connectivity index (χ0n) is 10.1. The third-order valence-corrected chi connectivity index (χ3v) is 3.54. The van der Waals surface area contributed by atoms with Crippen molar-refractivity contribution in [3.05, 3.63) is 29.8 Å². The normalized spacial score (nSPS) is 11.2. The van der Waals surface area contributed by atoms with E-state index in [0.717, 1.165) is 5.56 Å². The Hall–Kier alpha value is -1.36. The highest BCUT2D eigenvalue weighted by Gasteiger charge is 2.05. The van der Waals surface area contributed by atoms with Gasteiger partial charge in [0.2, 0.25) is 5.91 Å². The van der Waals surface area contributed by atoms with Crippen LogP contribution in [-0.4, -0.2) is 27.1 Å². The number of hydrogen-bond donors (Lipinski definition) is 1. The third kappa shape index (κ3) is 4.56. The van der Waals surface area contributed by atoms with E-state index in [1.165, 1.54) is 6.26 Å². The summed E-state index contributed by atoms with van der Waals surface area (Å²) in [7, 11) is -3.13. The second-order valence-electron chi connectivity index (χ2n) is 3.87. The predicted molar refractivity (Wildman–Crippen MR) is 66.6 cm³/mol. The number of carbonyl (C=O) groups is 1. The first-order chi connectivity index (χ1) is 7.93. The molecule has 0 fully saturated rings. The highest BCUT2D eigenvalue weighted by atomic mass is 32.2. The molecule has 0 aliphatic rings. The lowest BCUT2D eigenvalue weighted by atomic mass is 10.1. The second-order valence-corrected chi connectivity index (χ2v) is 5.89. The molecule has 94 valence electrons. The van der Waals surface area contributed by atoms with Crippen LogP contribution in [-0.2, 0) is 21.1 Å². The zero-order valence-corrected chi connectivity index (χ0v) is 10.9. The van der Waals surface area contributed by atoms with E-state index in [-0.39, 0.29) is 5.91 Å². The van der Waals surface area contributed by atoms with E-state index in [1.807, 2.05) is 0 Å². The van der Waals surface area contributed by atoms with Crippen LogP contribution in [0, 0.1) is 0 Å². The van der Waals surface area contributed by atoms with Crippen molar-refractivity contribution in [2.45, 2.75) is 24.7 Å². The first-order valence-corrected chi connectivity index (χ1v) is 7.38. The zero-order chi connectivity index (χ0) is 12.9. The maximum absolute atomic E-state index is 11.2. The summed E-state index contributed by atoms with van der Waals surface area (Å²) in [4.78, 5) is 11.3. The van der Waals surface area contributed by atoms with Crippen LogP contribution >= 0.6 is 0 Å². The van der Waals surface area contributed by atoms with E-state index in [2.05, 4.69) is 5.32 Å². The summed E-state index contributed by atoms with van der Waals surface area (Å²) in [6.07, 6.45) is 2.37. The first-order valence-electron chi connectivity index (χ1n) is 5.49. The Morgan fingerprint density at radius 3 is 2.29 bits per heavy atom. The molecule has 5 heteroatoms. The SMILES string of the molecule is CCC(=O)NCCc1ccc(S(C)(=O)=O)cc1. The van der Waals surface area contributed by atoms with Crippen molar-refractivity contribution < 1.29 is 13.2 Å². The molecule has 1 N–H and O–H groups in total. The summed E-state index contributed by atoms with van der Waals surface area (Å²) < 4.78 is 22.5. The van der Waals surface area contributed by atoms with Crippen LogP contribution in [0.15, 0.2) is 29.2 Å². The van der Waals surface area contributed by atoms with Gasteiger partial charge >= 0.3 is 0 Å². The maximum atomic E-state index is 11.2. The lowest BCUT2D eigenvalue weighted by molar-refractivity contribution is -0.120. The molecule has 0 radical (unpaired) electrons. The van der Waals surface area contributed by atoms with Crippen molar-refractivity contribution in [2.24, 2.45) is 0 Å². The third-order valence-electron chi connectivity index (χ3n) is 2.41. The number of amides is 1. The van der Waals surface area contributed by atoms with Gasteiger partial charge in [-0.3, -0.25) is 4.79 Å². The Bertz CT molecular complexity index is 477. The van der Waals surface area contributed by atoms with Crippen molar-refractivity contribution in [3.8, 4) is 0 Å². The van der Waals surface area contributed by atoms with Crippen LogP contribution < -0.4 is 5.32 Å². The lowest BCUT2D eigenvalue weighted by Crippen LogP contribution is -2.24. The molecule has 0 aromatic heterocycles. The predicted octanol–water partition coefficient (Wildman–Crippen LogP) is 1.16. The average molecular weight is 255 g/mol. The van der Waals surface area contributed by atoms with Crippen molar-refractivity contribution in [1.82, 2.24) is 5.32 Å². The van der Waals surface area contributed by atoms with Crippen molar-refractivity contribution in [2.75, 3.05) is 12.8 Å². The molecule has 0 spiro atoms. The highest BCUT2D eigenvalue weighted by Crippen LogP contribution is 2.10. The minimum Gasteiger partial charge on any atom is -0.356 e. The largest absolute Gasteiger partial charge is 0.356 e. The average Bonchev–Trinajstić information content (AvgIpc) is 2.28. The Labute approximate surface area is 102 Å². The molecule has 0 aliphatic carbocycles. The molecule has 0 heterocycles. The summed E-state index contributed by atoms with van der Waals surface area (Å²) >= 11 is 0. The molecule has 1 aromatic carbocycles. The van der Waals surface area contributed by atoms with Gasteiger partial charge < -0.3 is 5.32 Å². The van der Waals surface area contributed by atoms with Gasteiger partial charge in [-0.25, -0.2) is 8.42 Å². The maximum Gasteiger partial charge on any atom is 0.219 e. The second kappa shape index (κ2) is 5.82. The molecule has 0 unspecified atom stereocenters. The molecule has 0 saturated carbocycles. The van der Waals surface area contributed by atoms with E-state index in [1.54, 1.807) is 31.2 Å². The number of rotatable bonds is 5. The van der Waals surface area contributed by atoms with Crippen molar-refractivity contribution in [3.63, 3.8) is 0 Å². The van der Waals surface area contributed by atoms with Gasteiger partial charge in [0.1, 0.15) is 0 Å². The van der Waals surface area contributed by atoms with Gasteiger partial charge in [0.05, 0.1) is 4.90 Å². The van der Waals surface area contributed by atoms with Crippen LogP contribution in [0.25, 0.3) is 0 Å². The van der Waals surface area contributed by atoms with Crippen molar-refractivity contribution >= 4 is 15.7 Å². The van der Waals surface area contributed by atoms with Gasteiger partial charge in [-0.05, 0) is 24.1 Å². The van der Waals surface area contributed by atoms with E-state index in [4.69, 9.17) is 0 Å². The summed E-state index contributed by atoms with van der Waals surface area (Å²) in [5.41, 5.74) is 1.01. The van der Waals surface area contributed by atoms with Crippen LogP contribution in [0.1, 0.15) is 18.9 Å². The lowest BCUT2D eigenvalue weighted by Gasteiger charge is -2.04. The number of carbonyl (C=O) groups excluding carboxylic acids is 1. The van der Waals surface area contributed by atoms with Gasteiger partial charge in [-0.2, -0.15) is 0 Å². The first kappa shape index (κ1) is 13.7. The summed E-state index contributed by atoms with van der Waals surface area (Å²) in [6, 6.07) is 6.72. The fourth-order valence-corrected chi connectivity index (χ4v) is 2.01. The number of sulfone groups is 1. The Morgan fingerprint density at radius 1 is 1.24 bits per heavy atom. The van der Waals surface area contributed by atoms with Gasteiger partial charge in [-0.15, -0.1) is 0 Å². The molecule has 0 aliphatic heterocycles. The molecule has 1 rings (SSSR count). The van der Waals surface area contributed by atoms with Gasteiger partial charge in [-0.1, -0.05) is 19.1 Å². The molecule has 1 aromatic rings. The number of benzene rings is 1. The minimum absolute atomic E-state index is 0.0257. The Kier molecular flexibility index (Phi) is 4.69. The molecule has 1 amide bonds. The fourth-order valence-electron chi connectivity index (χ4n) is 1.37. The van der Waals surface area contributed by atoms with E-state index >= 15 is 0 Å². The standard InChI is InChI=1S/C12H17NO3S/c1-3-12(14)13-9-8-10-4-6-11(7-5-10)17(2,15)16/h4-7H,3,8-9H2,1-2H3,(H,13,14).